The molecule has 1 fully saturated rings. The third-order valence-electron chi connectivity index (χ3n) is 5.20. The van der Waals surface area contributed by atoms with Gasteiger partial charge in [-0.15, -0.1) is 0 Å². The van der Waals surface area contributed by atoms with Crippen LogP contribution in [0.1, 0.15) is 25.3 Å². The summed E-state index contributed by atoms with van der Waals surface area (Å²) < 4.78 is 10.8. The molecule has 156 valence electrons. The van der Waals surface area contributed by atoms with E-state index in [1.165, 1.54) is 38.2 Å². The molecule has 0 saturated carbocycles. The average molecular weight is 390 g/mol. The van der Waals surface area contributed by atoms with Crippen molar-refractivity contribution in [2.45, 2.75) is 26.2 Å². The normalized spacial score (nSPS) is 18.1. The summed E-state index contributed by atoms with van der Waals surface area (Å²) in [6.07, 6.45) is 3.29. The monoisotopic (exact) mass is 389 g/mol. The van der Waals surface area contributed by atoms with E-state index in [0.29, 0.717) is 6.79 Å². The summed E-state index contributed by atoms with van der Waals surface area (Å²) >= 11 is 0. The number of aliphatic imine (C=N–C) groups is 1. The van der Waals surface area contributed by atoms with Gasteiger partial charge in [0.15, 0.2) is 17.5 Å². The van der Waals surface area contributed by atoms with Gasteiger partial charge in [-0.2, -0.15) is 0 Å². The maximum atomic E-state index is 5.45. The molecule has 1 aromatic carbocycles. The van der Waals surface area contributed by atoms with Crippen molar-refractivity contribution in [3.63, 3.8) is 0 Å². The van der Waals surface area contributed by atoms with Gasteiger partial charge in [0, 0.05) is 32.7 Å². The van der Waals surface area contributed by atoms with E-state index in [4.69, 9.17) is 14.5 Å². The van der Waals surface area contributed by atoms with Crippen LogP contribution in [0.15, 0.2) is 23.2 Å². The Morgan fingerprint density at radius 1 is 1.11 bits per heavy atom. The molecule has 2 N–H and O–H groups in total. The Hall–Kier alpha value is -1.99. The molecule has 2 aliphatic rings. The first-order valence-electron chi connectivity index (χ1n) is 10.6. The highest BCUT2D eigenvalue weighted by atomic mass is 16.7. The Bertz CT molecular complexity index is 637. The van der Waals surface area contributed by atoms with Crippen molar-refractivity contribution in [2.75, 3.05) is 66.2 Å². The molecule has 28 heavy (non-hydrogen) atoms. The molecule has 3 rings (SSSR count). The van der Waals surface area contributed by atoms with E-state index >= 15 is 0 Å². The molecule has 0 bridgehead atoms. The first kappa shape index (κ1) is 20.7. The number of hydrogen-bond acceptors (Lipinski definition) is 5. The predicted octanol–water partition coefficient (Wildman–Crippen LogP) is 1.54. The third kappa shape index (κ3) is 6.56. The Morgan fingerprint density at radius 3 is 2.89 bits per heavy atom. The van der Waals surface area contributed by atoms with E-state index in [1.807, 2.05) is 6.07 Å². The second-order valence-corrected chi connectivity index (χ2v) is 7.48. The summed E-state index contributed by atoms with van der Waals surface area (Å²) in [5.74, 6) is 2.58. The standard InChI is InChI=1S/C21H35N5O2/c1-3-22-21(23-9-4-12-26-13-5-11-25(2)14-15-26)24-10-8-18-6-7-19-20(16-18)28-17-27-19/h6-7,16H,3-5,8-15,17H2,1-2H3,(H2,22,23,24). The van der Waals surface area contributed by atoms with Crippen LogP contribution in [0.2, 0.25) is 0 Å². The van der Waals surface area contributed by atoms with E-state index in [2.05, 4.69) is 46.5 Å². The van der Waals surface area contributed by atoms with Gasteiger partial charge in [-0.1, -0.05) is 6.07 Å². The lowest BCUT2D eigenvalue weighted by atomic mass is 10.1. The zero-order valence-electron chi connectivity index (χ0n) is 17.4. The van der Waals surface area contributed by atoms with Crippen molar-refractivity contribution < 1.29 is 9.47 Å². The molecule has 0 unspecified atom stereocenters. The van der Waals surface area contributed by atoms with Crippen LogP contribution in [0.3, 0.4) is 0 Å². The number of fused-ring (bicyclic) bond motifs is 1. The van der Waals surface area contributed by atoms with Crippen LogP contribution < -0.4 is 20.1 Å². The van der Waals surface area contributed by atoms with Crippen LogP contribution in [-0.2, 0) is 6.42 Å². The van der Waals surface area contributed by atoms with Crippen LogP contribution >= 0.6 is 0 Å². The quantitative estimate of drug-likeness (QED) is 0.400. The largest absolute Gasteiger partial charge is 0.454 e. The van der Waals surface area contributed by atoms with E-state index < -0.39 is 0 Å². The van der Waals surface area contributed by atoms with Crippen LogP contribution in [0.4, 0.5) is 0 Å². The number of nitrogens with zero attached hydrogens (tertiary/aromatic N) is 3. The van der Waals surface area contributed by atoms with Gasteiger partial charge in [0.2, 0.25) is 6.79 Å². The predicted molar refractivity (Wildman–Crippen MR) is 113 cm³/mol. The molecule has 2 heterocycles. The lowest BCUT2D eigenvalue weighted by Gasteiger charge is -2.19. The van der Waals surface area contributed by atoms with Gasteiger partial charge in [0.25, 0.3) is 0 Å². The van der Waals surface area contributed by atoms with Crippen LogP contribution in [0, 0.1) is 0 Å². The van der Waals surface area contributed by atoms with Gasteiger partial charge in [-0.25, -0.2) is 0 Å². The molecule has 0 spiro atoms. The topological polar surface area (TPSA) is 61.4 Å². The molecular weight excluding hydrogens is 354 g/mol. The van der Waals surface area contributed by atoms with E-state index in [-0.39, 0.29) is 0 Å². The summed E-state index contributed by atoms with van der Waals surface area (Å²) in [5, 5.41) is 6.78. The number of rotatable bonds is 8. The van der Waals surface area contributed by atoms with Crippen molar-refractivity contribution in [1.29, 1.82) is 0 Å². The maximum Gasteiger partial charge on any atom is 0.231 e. The number of nitrogens with one attached hydrogen (secondary N) is 2. The van der Waals surface area contributed by atoms with Crippen molar-refractivity contribution >= 4 is 5.96 Å². The molecule has 1 aromatic rings. The Balaban J connectivity index is 1.37. The smallest absolute Gasteiger partial charge is 0.231 e. The van der Waals surface area contributed by atoms with Crippen LogP contribution in [0.25, 0.3) is 0 Å². The van der Waals surface area contributed by atoms with Crippen LogP contribution in [0.5, 0.6) is 11.5 Å². The molecule has 0 radical (unpaired) electrons. The summed E-state index contributed by atoms with van der Waals surface area (Å²) in [5.41, 5.74) is 1.23. The van der Waals surface area contributed by atoms with Crippen molar-refractivity contribution in [1.82, 2.24) is 20.4 Å². The van der Waals surface area contributed by atoms with Gasteiger partial charge < -0.3 is 29.9 Å². The van der Waals surface area contributed by atoms with E-state index in [9.17, 15) is 0 Å². The SMILES string of the molecule is CCNC(=NCCCN1CCCN(C)CC1)NCCc1ccc2c(c1)OCO2. The number of likely N-dealkylation sites (N-methyl/N-ethyl adjacent to an activating group) is 1. The van der Waals surface area contributed by atoms with Crippen molar-refractivity contribution in [3.8, 4) is 11.5 Å². The van der Waals surface area contributed by atoms with Gasteiger partial charge in [0.05, 0.1) is 0 Å². The fraction of sp³-hybridized carbons (Fsp3) is 0.667. The van der Waals surface area contributed by atoms with Gasteiger partial charge in [-0.3, -0.25) is 4.99 Å². The molecule has 7 heteroatoms. The van der Waals surface area contributed by atoms with Crippen molar-refractivity contribution in [3.05, 3.63) is 23.8 Å². The molecule has 7 nitrogen and oxygen atoms in total. The third-order valence-corrected chi connectivity index (χ3v) is 5.20. The maximum absolute atomic E-state index is 5.45. The molecule has 0 aliphatic carbocycles. The molecule has 0 aromatic heterocycles. The summed E-state index contributed by atoms with van der Waals surface area (Å²) in [6, 6.07) is 6.14. The Morgan fingerprint density at radius 2 is 2.00 bits per heavy atom. The Kier molecular flexibility index (Phi) is 8.23. The number of benzene rings is 1. The molecule has 0 amide bonds. The number of guanidine groups is 1. The molecular formula is C21H35N5O2. The summed E-state index contributed by atoms with van der Waals surface area (Å²) in [6.45, 7) is 10.9. The zero-order chi connectivity index (χ0) is 19.6. The first-order chi connectivity index (χ1) is 13.7. The van der Waals surface area contributed by atoms with Gasteiger partial charge in [-0.05, 0) is 70.6 Å². The first-order valence-corrected chi connectivity index (χ1v) is 10.6. The minimum atomic E-state index is 0.322. The lowest BCUT2D eigenvalue weighted by molar-refractivity contribution is 0.174. The highest BCUT2D eigenvalue weighted by Crippen LogP contribution is 2.32. The summed E-state index contributed by atoms with van der Waals surface area (Å²) in [7, 11) is 2.21. The van der Waals surface area contributed by atoms with Crippen molar-refractivity contribution in [2.24, 2.45) is 4.99 Å². The fourth-order valence-electron chi connectivity index (χ4n) is 3.57. The minimum absolute atomic E-state index is 0.322. The second kappa shape index (κ2) is 11.1. The minimum Gasteiger partial charge on any atom is -0.454 e. The fourth-order valence-corrected chi connectivity index (χ4v) is 3.57. The molecule has 2 aliphatic heterocycles. The second-order valence-electron chi connectivity index (χ2n) is 7.48. The summed E-state index contributed by atoms with van der Waals surface area (Å²) in [4.78, 5) is 9.73. The number of ether oxygens (including phenoxy) is 2. The average Bonchev–Trinajstić information content (AvgIpc) is 3.06. The number of hydrogen-bond donors (Lipinski definition) is 2. The van der Waals surface area contributed by atoms with E-state index in [1.54, 1.807) is 0 Å². The Labute approximate surface area is 169 Å². The van der Waals surface area contributed by atoms with Crippen LogP contribution in [-0.4, -0.2) is 82.0 Å². The highest BCUT2D eigenvalue weighted by Gasteiger charge is 2.13. The van der Waals surface area contributed by atoms with E-state index in [0.717, 1.165) is 56.5 Å². The highest BCUT2D eigenvalue weighted by molar-refractivity contribution is 5.79. The van der Waals surface area contributed by atoms with Gasteiger partial charge >= 0.3 is 0 Å². The van der Waals surface area contributed by atoms with Gasteiger partial charge in [0.1, 0.15) is 0 Å². The lowest BCUT2D eigenvalue weighted by Crippen LogP contribution is -2.38. The molecule has 0 atom stereocenters. The zero-order valence-corrected chi connectivity index (χ0v) is 17.4. The molecule has 1 saturated heterocycles.